The molecule has 4 unspecified atom stereocenters. The first kappa shape index (κ1) is 25.7. The number of hydrogen-bond donors (Lipinski definition) is 2. The molecule has 182 valence electrons. The van der Waals surface area contributed by atoms with Crippen LogP contribution in [0.15, 0.2) is 36.4 Å². The van der Waals surface area contributed by atoms with E-state index in [1.165, 1.54) is 59.4 Å². The number of anilines is 3. The first-order valence-corrected chi connectivity index (χ1v) is 13.4. The van der Waals surface area contributed by atoms with Gasteiger partial charge in [-0.25, -0.2) is 0 Å². The summed E-state index contributed by atoms with van der Waals surface area (Å²) >= 11 is 0. The number of hydrogen-bond acceptors (Lipinski definition) is 2. The Hall–Kier alpha value is -1.96. The van der Waals surface area contributed by atoms with E-state index in [1.807, 2.05) is 0 Å². The molecule has 2 heteroatoms. The van der Waals surface area contributed by atoms with E-state index in [9.17, 15) is 0 Å². The van der Waals surface area contributed by atoms with E-state index in [-0.39, 0.29) is 0 Å². The van der Waals surface area contributed by atoms with Gasteiger partial charge in [-0.15, -0.1) is 0 Å². The van der Waals surface area contributed by atoms with Crippen molar-refractivity contribution in [2.24, 2.45) is 23.7 Å². The van der Waals surface area contributed by atoms with Gasteiger partial charge >= 0.3 is 0 Å². The van der Waals surface area contributed by atoms with Crippen LogP contribution in [-0.4, -0.2) is 0 Å². The summed E-state index contributed by atoms with van der Waals surface area (Å²) in [6.07, 6.45) is 5.13. The number of rotatable bonds is 10. The van der Waals surface area contributed by atoms with Crippen LogP contribution in [0.4, 0.5) is 17.1 Å². The van der Waals surface area contributed by atoms with Gasteiger partial charge in [0.05, 0.1) is 11.4 Å². The second-order valence-electron chi connectivity index (χ2n) is 11.9. The van der Waals surface area contributed by atoms with Crippen LogP contribution in [0, 0.1) is 23.7 Å². The highest BCUT2D eigenvalue weighted by molar-refractivity contribution is 5.78. The molecule has 33 heavy (non-hydrogen) atoms. The molecule has 2 nitrogen and oxygen atoms in total. The first-order valence-electron chi connectivity index (χ1n) is 13.4. The molecule has 4 atom stereocenters. The summed E-state index contributed by atoms with van der Waals surface area (Å²) < 4.78 is 0. The zero-order valence-corrected chi connectivity index (χ0v) is 22.5. The Kier molecular flexibility index (Phi) is 8.90. The third kappa shape index (κ3) is 7.26. The van der Waals surface area contributed by atoms with E-state index in [2.05, 4.69) is 102 Å². The third-order valence-electron chi connectivity index (χ3n) is 7.31. The summed E-state index contributed by atoms with van der Waals surface area (Å²) in [7, 11) is 0. The molecule has 0 aliphatic carbocycles. The van der Waals surface area contributed by atoms with Gasteiger partial charge in [0.15, 0.2) is 0 Å². The van der Waals surface area contributed by atoms with Crippen molar-refractivity contribution >= 4 is 17.1 Å². The highest BCUT2D eigenvalue weighted by Crippen LogP contribution is 2.37. The molecule has 0 saturated heterocycles. The molecule has 0 saturated carbocycles. The Morgan fingerprint density at radius 2 is 1.12 bits per heavy atom. The molecule has 2 aromatic rings. The minimum absolute atomic E-state index is 0.580. The quantitative estimate of drug-likeness (QED) is 0.378. The van der Waals surface area contributed by atoms with E-state index in [4.69, 9.17) is 0 Å². The van der Waals surface area contributed by atoms with Crippen molar-refractivity contribution in [2.45, 2.75) is 99.5 Å². The fourth-order valence-corrected chi connectivity index (χ4v) is 5.93. The highest BCUT2D eigenvalue weighted by Gasteiger charge is 2.18. The van der Waals surface area contributed by atoms with Gasteiger partial charge in [0, 0.05) is 12.2 Å². The van der Waals surface area contributed by atoms with Gasteiger partial charge in [0.2, 0.25) is 0 Å². The normalized spacial score (nSPS) is 16.8. The van der Waals surface area contributed by atoms with E-state index < -0.39 is 0 Å². The van der Waals surface area contributed by atoms with Crippen LogP contribution >= 0.6 is 0 Å². The van der Waals surface area contributed by atoms with Gasteiger partial charge in [0.1, 0.15) is 0 Å². The number of benzene rings is 2. The maximum Gasteiger partial charge on any atom is 0.0620 e. The minimum Gasteiger partial charge on any atom is -0.379 e. The summed E-state index contributed by atoms with van der Waals surface area (Å²) in [4.78, 5) is 0. The lowest BCUT2D eigenvalue weighted by molar-refractivity contribution is 0.392. The Balaban J connectivity index is 1.69. The smallest absolute Gasteiger partial charge is 0.0620 e. The summed E-state index contributed by atoms with van der Waals surface area (Å²) in [5, 5.41) is 7.44. The molecule has 0 spiro atoms. The first-order chi connectivity index (χ1) is 15.6. The van der Waals surface area contributed by atoms with Gasteiger partial charge in [-0.05, 0) is 96.1 Å². The molecule has 2 aromatic carbocycles. The SMILES string of the molecule is CC(C)CC(C)CC(C)c1ccc2c(c1)CNc1cc(C(C)CC(C)CC(C)C)ccc1N2. The zero-order valence-electron chi connectivity index (χ0n) is 22.5. The summed E-state index contributed by atoms with van der Waals surface area (Å²) in [6, 6.07) is 14.0. The molecular weight excluding hydrogens is 400 g/mol. The van der Waals surface area contributed by atoms with Crippen LogP contribution < -0.4 is 10.6 Å². The van der Waals surface area contributed by atoms with Crippen molar-refractivity contribution in [1.82, 2.24) is 0 Å². The largest absolute Gasteiger partial charge is 0.379 e. The monoisotopic (exact) mass is 448 g/mol. The van der Waals surface area contributed by atoms with Crippen LogP contribution in [0.5, 0.6) is 0 Å². The molecule has 3 rings (SSSR count). The minimum atomic E-state index is 0.580. The van der Waals surface area contributed by atoms with Crippen LogP contribution in [0.3, 0.4) is 0 Å². The summed E-state index contributed by atoms with van der Waals surface area (Å²) in [6.45, 7) is 19.8. The van der Waals surface area contributed by atoms with Crippen molar-refractivity contribution in [2.75, 3.05) is 10.6 Å². The van der Waals surface area contributed by atoms with Crippen molar-refractivity contribution in [3.8, 4) is 0 Å². The maximum absolute atomic E-state index is 3.73. The Morgan fingerprint density at radius 1 is 0.606 bits per heavy atom. The molecule has 1 aliphatic heterocycles. The third-order valence-corrected chi connectivity index (χ3v) is 7.31. The molecule has 1 aliphatic rings. The van der Waals surface area contributed by atoms with Crippen LogP contribution in [0.1, 0.15) is 110 Å². The fraction of sp³-hybridized carbons (Fsp3) is 0.613. The molecule has 0 fully saturated rings. The van der Waals surface area contributed by atoms with E-state index >= 15 is 0 Å². The molecule has 0 aromatic heterocycles. The zero-order chi connectivity index (χ0) is 24.1. The van der Waals surface area contributed by atoms with Crippen molar-refractivity contribution in [1.29, 1.82) is 0 Å². The highest BCUT2D eigenvalue weighted by atomic mass is 15.0. The number of nitrogens with one attached hydrogen (secondary N) is 2. The second kappa shape index (κ2) is 11.4. The Morgan fingerprint density at radius 3 is 1.67 bits per heavy atom. The van der Waals surface area contributed by atoms with E-state index in [0.717, 1.165) is 30.2 Å². The van der Waals surface area contributed by atoms with Crippen molar-refractivity contribution in [3.63, 3.8) is 0 Å². The molecule has 1 heterocycles. The molecule has 0 amide bonds. The van der Waals surface area contributed by atoms with Gasteiger partial charge < -0.3 is 10.6 Å². The molecular formula is C31H48N2. The average Bonchev–Trinajstić information content (AvgIpc) is 2.90. The number of fused-ring (bicyclic) bond motifs is 2. The maximum atomic E-state index is 3.73. The van der Waals surface area contributed by atoms with Crippen LogP contribution in [0.2, 0.25) is 0 Å². The van der Waals surface area contributed by atoms with E-state index in [1.54, 1.807) is 0 Å². The fourth-order valence-electron chi connectivity index (χ4n) is 5.93. The summed E-state index contributed by atoms with van der Waals surface area (Å²) in [5.41, 5.74) is 7.93. The lowest BCUT2D eigenvalue weighted by Gasteiger charge is -2.20. The Labute approximate surface area is 204 Å². The lowest BCUT2D eigenvalue weighted by atomic mass is 9.86. The standard InChI is InChI=1S/C31H48N2/c1-20(2)13-22(5)15-24(7)26-9-11-29-28(17-26)19-32-31-18-27(10-12-30(31)33-29)25(8)16-23(6)14-21(3)4/h9-12,17-18,20-25,32-33H,13-16,19H2,1-8H3. The molecule has 0 bridgehead atoms. The van der Waals surface area contributed by atoms with Crippen LogP contribution in [-0.2, 0) is 6.54 Å². The van der Waals surface area contributed by atoms with Crippen LogP contribution in [0.25, 0.3) is 0 Å². The molecule has 2 N–H and O–H groups in total. The second-order valence-corrected chi connectivity index (χ2v) is 11.9. The van der Waals surface area contributed by atoms with Gasteiger partial charge in [-0.3, -0.25) is 0 Å². The van der Waals surface area contributed by atoms with Crippen molar-refractivity contribution < 1.29 is 0 Å². The topological polar surface area (TPSA) is 24.1 Å². The van der Waals surface area contributed by atoms with Crippen molar-refractivity contribution in [3.05, 3.63) is 53.1 Å². The molecule has 0 radical (unpaired) electrons. The predicted molar refractivity (Wildman–Crippen MR) is 147 cm³/mol. The van der Waals surface area contributed by atoms with Gasteiger partial charge in [-0.2, -0.15) is 0 Å². The average molecular weight is 449 g/mol. The van der Waals surface area contributed by atoms with Gasteiger partial charge in [-0.1, -0.05) is 73.6 Å². The lowest BCUT2D eigenvalue weighted by Crippen LogP contribution is -2.06. The Bertz CT molecular complexity index is 824. The summed E-state index contributed by atoms with van der Waals surface area (Å²) in [5.74, 6) is 4.25. The van der Waals surface area contributed by atoms with Gasteiger partial charge in [0.25, 0.3) is 0 Å². The van der Waals surface area contributed by atoms with E-state index in [0.29, 0.717) is 11.8 Å². The predicted octanol–water partition coefficient (Wildman–Crippen LogP) is 9.71.